The minimum Gasteiger partial charge on any atom is -0.493 e. The van der Waals surface area contributed by atoms with E-state index in [4.69, 9.17) is 49.6 Å². The van der Waals surface area contributed by atoms with Crippen LogP contribution in [0.5, 0.6) is 17.2 Å². The quantitative estimate of drug-likeness (QED) is 0.440. The SMILES string of the molecule is COc1cc(-c2n[nH]c(=S)n2N=Cc2ccc(Cl)c(Cl)c2)cc(OC)c1OC. The normalized spacial score (nSPS) is 11.0. The van der Waals surface area contributed by atoms with Crippen molar-refractivity contribution < 1.29 is 14.2 Å². The molecule has 0 fully saturated rings. The molecule has 0 spiro atoms. The van der Waals surface area contributed by atoms with Gasteiger partial charge in [0.15, 0.2) is 17.3 Å². The van der Waals surface area contributed by atoms with Gasteiger partial charge in [0, 0.05) is 5.56 Å². The Kier molecular flexibility index (Phi) is 6.23. The molecule has 0 saturated carbocycles. The number of aromatic nitrogens is 3. The van der Waals surface area contributed by atoms with Crippen LogP contribution in [0.2, 0.25) is 10.0 Å². The van der Waals surface area contributed by atoms with Crippen molar-refractivity contribution in [3.8, 4) is 28.6 Å². The topological polar surface area (TPSA) is 73.7 Å². The van der Waals surface area contributed by atoms with Gasteiger partial charge in [-0.1, -0.05) is 29.3 Å². The molecule has 0 aliphatic rings. The van der Waals surface area contributed by atoms with E-state index >= 15 is 0 Å². The van der Waals surface area contributed by atoms with E-state index in [0.717, 1.165) is 5.56 Å². The van der Waals surface area contributed by atoms with E-state index in [1.165, 1.54) is 11.8 Å². The van der Waals surface area contributed by atoms with E-state index in [1.807, 2.05) is 0 Å². The molecule has 28 heavy (non-hydrogen) atoms. The first-order chi connectivity index (χ1) is 13.5. The first kappa shape index (κ1) is 20.2. The Balaban J connectivity index is 2.07. The summed E-state index contributed by atoms with van der Waals surface area (Å²) in [5.74, 6) is 1.94. The van der Waals surface area contributed by atoms with E-state index in [-0.39, 0.29) is 0 Å². The number of rotatable bonds is 6. The smallest absolute Gasteiger partial charge is 0.216 e. The summed E-state index contributed by atoms with van der Waals surface area (Å²) >= 11 is 17.3. The number of halogens is 2. The van der Waals surface area contributed by atoms with Crippen LogP contribution in [0.15, 0.2) is 35.4 Å². The van der Waals surface area contributed by atoms with Crippen molar-refractivity contribution in [1.29, 1.82) is 0 Å². The molecule has 146 valence electrons. The molecular formula is C18H16Cl2N4O3S. The zero-order valence-electron chi connectivity index (χ0n) is 15.2. The summed E-state index contributed by atoms with van der Waals surface area (Å²) in [4.78, 5) is 0. The van der Waals surface area contributed by atoms with Gasteiger partial charge in [-0.05, 0) is 42.0 Å². The van der Waals surface area contributed by atoms with Crippen molar-refractivity contribution >= 4 is 41.6 Å². The highest BCUT2D eigenvalue weighted by molar-refractivity contribution is 7.71. The van der Waals surface area contributed by atoms with Gasteiger partial charge in [0.1, 0.15) is 0 Å². The Bertz CT molecular complexity index is 1070. The van der Waals surface area contributed by atoms with Crippen LogP contribution >= 0.6 is 35.4 Å². The number of hydrogen-bond acceptors (Lipinski definition) is 6. The number of hydrogen-bond donors (Lipinski definition) is 1. The van der Waals surface area contributed by atoms with Crippen LogP contribution in [-0.2, 0) is 0 Å². The van der Waals surface area contributed by atoms with Gasteiger partial charge in [0.25, 0.3) is 0 Å². The van der Waals surface area contributed by atoms with Gasteiger partial charge >= 0.3 is 0 Å². The van der Waals surface area contributed by atoms with E-state index < -0.39 is 0 Å². The maximum absolute atomic E-state index is 6.05. The van der Waals surface area contributed by atoms with Crippen molar-refractivity contribution in [2.75, 3.05) is 21.3 Å². The standard InChI is InChI=1S/C18H16Cl2N4O3S/c1-25-14-7-11(8-15(26-2)16(14)27-3)17-22-23-18(28)24(17)21-9-10-4-5-12(19)13(20)6-10/h4-9H,1-3H3,(H,23,28). The van der Waals surface area contributed by atoms with Crippen LogP contribution in [0.1, 0.15) is 5.56 Å². The number of benzene rings is 2. The van der Waals surface area contributed by atoms with E-state index in [1.54, 1.807) is 50.8 Å². The van der Waals surface area contributed by atoms with Crippen LogP contribution in [0.3, 0.4) is 0 Å². The van der Waals surface area contributed by atoms with Gasteiger partial charge in [-0.25, -0.2) is 5.10 Å². The van der Waals surface area contributed by atoms with Gasteiger partial charge in [0.05, 0.1) is 37.6 Å². The van der Waals surface area contributed by atoms with Crippen LogP contribution < -0.4 is 14.2 Å². The van der Waals surface area contributed by atoms with Crippen LogP contribution in [0.4, 0.5) is 0 Å². The third kappa shape index (κ3) is 3.99. The summed E-state index contributed by atoms with van der Waals surface area (Å²) in [6.07, 6.45) is 1.61. The van der Waals surface area contributed by atoms with Crippen molar-refractivity contribution in [2.24, 2.45) is 5.10 Å². The van der Waals surface area contributed by atoms with Gasteiger partial charge in [0.2, 0.25) is 10.5 Å². The molecule has 0 aliphatic heterocycles. The molecule has 0 aliphatic carbocycles. The van der Waals surface area contributed by atoms with Crippen LogP contribution in [0.25, 0.3) is 11.4 Å². The molecule has 0 unspecified atom stereocenters. The number of nitrogens with zero attached hydrogens (tertiary/aromatic N) is 3. The van der Waals surface area contributed by atoms with Crippen molar-refractivity contribution in [2.45, 2.75) is 0 Å². The number of aromatic amines is 1. The lowest BCUT2D eigenvalue weighted by Crippen LogP contribution is -1.99. The third-order valence-corrected chi connectivity index (χ3v) is 4.84. The summed E-state index contributed by atoms with van der Waals surface area (Å²) < 4.78 is 18.0. The zero-order chi connectivity index (χ0) is 20.3. The maximum Gasteiger partial charge on any atom is 0.216 e. The zero-order valence-corrected chi connectivity index (χ0v) is 17.5. The predicted molar refractivity (Wildman–Crippen MR) is 112 cm³/mol. The molecule has 3 aromatic rings. The fourth-order valence-electron chi connectivity index (χ4n) is 2.51. The molecule has 1 heterocycles. The first-order valence-electron chi connectivity index (χ1n) is 7.95. The number of ether oxygens (including phenoxy) is 3. The molecule has 7 nitrogen and oxygen atoms in total. The Morgan fingerprint density at radius 3 is 2.29 bits per heavy atom. The van der Waals surface area contributed by atoms with Gasteiger partial charge in [-0.3, -0.25) is 0 Å². The lowest BCUT2D eigenvalue weighted by Gasteiger charge is -2.13. The highest BCUT2D eigenvalue weighted by atomic mass is 35.5. The highest BCUT2D eigenvalue weighted by Gasteiger charge is 2.17. The van der Waals surface area contributed by atoms with Gasteiger partial charge in [-0.2, -0.15) is 14.9 Å². The second kappa shape index (κ2) is 8.64. The fourth-order valence-corrected chi connectivity index (χ4v) is 3.00. The van der Waals surface area contributed by atoms with Crippen molar-refractivity contribution in [3.63, 3.8) is 0 Å². The first-order valence-corrected chi connectivity index (χ1v) is 9.12. The number of methoxy groups -OCH3 is 3. The predicted octanol–water partition coefficient (Wildman–Crippen LogP) is 4.82. The van der Waals surface area contributed by atoms with E-state index in [9.17, 15) is 0 Å². The van der Waals surface area contributed by atoms with E-state index in [0.29, 0.717) is 43.5 Å². The molecule has 10 heteroatoms. The Labute approximate surface area is 176 Å². The van der Waals surface area contributed by atoms with Gasteiger partial charge in [-0.15, -0.1) is 0 Å². The molecule has 2 aromatic carbocycles. The fraction of sp³-hybridized carbons (Fsp3) is 0.167. The summed E-state index contributed by atoms with van der Waals surface area (Å²) in [7, 11) is 4.62. The molecule has 0 atom stereocenters. The molecule has 0 bridgehead atoms. The van der Waals surface area contributed by atoms with Crippen molar-refractivity contribution in [1.82, 2.24) is 14.9 Å². The van der Waals surface area contributed by atoms with Gasteiger partial charge < -0.3 is 14.2 Å². The Morgan fingerprint density at radius 2 is 1.71 bits per heavy atom. The molecule has 0 amide bonds. The minimum absolute atomic E-state index is 0.320. The second-order valence-corrected chi connectivity index (χ2v) is 6.70. The molecule has 0 radical (unpaired) electrons. The monoisotopic (exact) mass is 438 g/mol. The summed E-state index contributed by atoms with van der Waals surface area (Å²) in [6, 6.07) is 8.71. The Hall–Kier alpha value is -2.55. The largest absolute Gasteiger partial charge is 0.493 e. The molecule has 3 rings (SSSR count). The van der Waals surface area contributed by atoms with E-state index in [2.05, 4.69) is 15.3 Å². The molecular weight excluding hydrogens is 423 g/mol. The van der Waals surface area contributed by atoms with Crippen LogP contribution in [-0.4, -0.2) is 42.4 Å². The Morgan fingerprint density at radius 1 is 1.04 bits per heavy atom. The third-order valence-electron chi connectivity index (χ3n) is 3.84. The maximum atomic E-state index is 6.05. The summed E-state index contributed by atoms with van der Waals surface area (Å²) in [5, 5.41) is 12.3. The molecule has 1 aromatic heterocycles. The number of nitrogens with one attached hydrogen (secondary N) is 1. The second-order valence-electron chi connectivity index (χ2n) is 5.50. The average Bonchev–Trinajstić information content (AvgIpc) is 3.08. The number of H-pyrrole nitrogens is 1. The average molecular weight is 439 g/mol. The minimum atomic E-state index is 0.320. The van der Waals surface area contributed by atoms with Crippen molar-refractivity contribution in [3.05, 3.63) is 50.7 Å². The highest BCUT2D eigenvalue weighted by Crippen LogP contribution is 2.40. The lowest BCUT2D eigenvalue weighted by molar-refractivity contribution is 0.324. The lowest BCUT2D eigenvalue weighted by atomic mass is 10.1. The molecule has 1 N–H and O–H groups in total. The van der Waals surface area contributed by atoms with Crippen LogP contribution in [0, 0.1) is 4.77 Å². The summed E-state index contributed by atoms with van der Waals surface area (Å²) in [6.45, 7) is 0. The summed E-state index contributed by atoms with van der Waals surface area (Å²) in [5.41, 5.74) is 1.43. The molecule has 0 saturated heterocycles.